The van der Waals surface area contributed by atoms with Gasteiger partial charge in [-0.2, -0.15) is 0 Å². The van der Waals surface area contributed by atoms with E-state index in [0.717, 1.165) is 60.1 Å². The molecule has 0 spiro atoms. The number of ether oxygens (including phenoxy) is 3. The highest BCUT2D eigenvalue weighted by Gasteiger charge is 2.57. The number of esters is 1. The van der Waals surface area contributed by atoms with Crippen LogP contribution in [0, 0.1) is 5.41 Å². The number of carbonyl (C=O) groups is 4. The third kappa shape index (κ3) is 8.46. The van der Waals surface area contributed by atoms with Crippen molar-refractivity contribution in [2.24, 2.45) is 10.6 Å². The molecule has 0 bridgehead atoms. The molecule has 1 aliphatic carbocycles. The predicted octanol–water partition coefficient (Wildman–Crippen LogP) is 6.78. The Hall–Kier alpha value is -5.67. The van der Waals surface area contributed by atoms with Crippen molar-refractivity contribution in [3.8, 4) is 0 Å². The number of aromatic nitrogens is 1. The summed E-state index contributed by atoms with van der Waals surface area (Å²) in [6, 6.07) is 27.8. The number of thiazole rings is 1. The van der Waals surface area contributed by atoms with Gasteiger partial charge in [0.05, 0.1) is 0 Å². The van der Waals surface area contributed by atoms with Gasteiger partial charge in [-0.15, -0.1) is 23.1 Å². The van der Waals surface area contributed by atoms with E-state index in [9.17, 15) is 19.2 Å². The van der Waals surface area contributed by atoms with Gasteiger partial charge in [-0.05, 0) is 32.6 Å². The fourth-order valence-corrected chi connectivity index (χ4v) is 9.64. The Bertz CT molecular complexity index is 2050. The maximum absolute atomic E-state index is 14.3. The third-order valence-electron chi connectivity index (χ3n) is 10.4. The maximum Gasteiger partial charge on any atom is 0.511 e. The number of allylic oxidation sites excluding steroid dienone is 1. The molecule has 3 unspecified atom stereocenters. The van der Waals surface area contributed by atoms with Crippen LogP contribution in [0.25, 0.3) is 0 Å². The van der Waals surface area contributed by atoms with Gasteiger partial charge >= 0.3 is 12.1 Å². The van der Waals surface area contributed by atoms with Gasteiger partial charge in [0, 0.05) is 41.3 Å². The van der Waals surface area contributed by atoms with Crippen molar-refractivity contribution in [3.63, 3.8) is 0 Å². The highest BCUT2D eigenvalue weighted by Crippen LogP contribution is 2.44. The number of nitrogens with one attached hydrogen (secondary N) is 1. The molecular weight excluding hydrogens is 779 g/mol. The quantitative estimate of drug-likeness (QED) is 0.0277. The van der Waals surface area contributed by atoms with Gasteiger partial charge in [-0.1, -0.05) is 115 Å². The number of amides is 2. The van der Waals surface area contributed by atoms with E-state index in [1.54, 1.807) is 24.5 Å². The monoisotopic (exact) mass is 823 g/mol. The molecule has 1 saturated carbocycles. The van der Waals surface area contributed by atoms with Gasteiger partial charge in [0.2, 0.25) is 17.8 Å². The van der Waals surface area contributed by atoms with Crippen molar-refractivity contribution >= 4 is 57.9 Å². The maximum atomic E-state index is 14.3. The minimum absolute atomic E-state index is 0.00128. The lowest BCUT2D eigenvalue weighted by Crippen LogP contribution is -2.74. The molecule has 3 heterocycles. The number of nitrogen functional groups attached to an aromatic ring is 1. The number of β-lactam (4-membered cyclic amide) rings is 1. The van der Waals surface area contributed by atoms with Crippen molar-refractivity contribution in [2.75, 3.05) is 18.0 Å². The molecular formula is C43H45N5O8S2. The Kier molecular flexibility index (Phi) is 12.5. The van der Waals surface area contributed by atoms with E-state index in [-0.39, 0.29) is 34.9 Å². The van der Waals surface area contributed by atoms with E-state index in [1.165, 1.54) is 23.6 Å². The highest BCUT2D eigenvalue weighted by molar-refractivity contribution is 8.00. The lowest BCUT2D eigenvalue weighted by atomic mass is 9.80. The second kappa shape index (κ2) is 17.9. The number of thioether (sulfide) groups is 1. The smallest absolute Gasteiger partial charge is 0.431 e. The number of carbonyl (C=O) groups excluding carboxylic acids is 4. The molecule has 3 N–H and O–H groups in total. The number of benzene rings is 3. The zero-order valence-corrected chi connectivity index (χ0v) is 33.8. The zero-order valence-electron chi connectivity index (χ0n) is 32.2. The van der Waals surface area contributed by atoms with Crippen LogP contribution in [0.3, 0.4) is 0 Å². The van der Waals surface area contributed by atoms with Gasteiger partial charge in [0.15, 0.2) is 10.8 Å². The van der Waals surface area contributed by atoms with Crippen molar-refractivity contribution in [3.05, 3.63) is 131 Å². The van der Waals surface area contributed by atoms with E-state index < -0.39 is 52.7 Å². The molecule has 2 aliphatic heterocycles. The minimum Gasteiger partial charge on any atom is -0.431 e. The van der Waals surface area contributed by atoms with E-state index >= 15 is 0 Å². The Morgan fingerprint density at radius 2 is 1.55 bits per heavy atom. The fraction of sp³-hybridized carbons (Fsp3) is 0.349. The summed E-state index contributed by atoms with van der Waals surface area (Å²) in [6.07, 6.45) is 5.72. The van der Waals surface area contributed by atoms with Crippen LogP contribution in [0.1, 0.15) is 68.3 Å². The van der Waals surface area contributed by atoms with E-state index in [1.807, 2.05) is 91.0 Å². The lowest BCUT2D eigenvalue weighted by Gasteiger charge is -2.53. The molecule has 4 aromatic rings. The SMILES string of the molecule is CC=CC1(C(=O)OC(C)OC(=O)OC2CCCCC2)CS[C@@H]2C(NC(=O)C(=NOC(c3ccccc3)(c3ccccc3)c3ccccc3)c3csc(N)n3)C(=O)N2C1. The second-order valence-electron chi connectivity index (χ2n) is 14.4. The largest absolute Gasteiger partial charge is 0.511 e. The first kappa shape index (κ1) is 40.5. The van der Waals surface area contributed by atoms with Crippen LogP contribution in [-0.2, 0) is 39.0 Å². The van der Waals surface area contributed by atoms with Crippen LogP contribution in [0.5, 0.6) is 0 Å². The summed E-state index contributed by atoms with van der Waals surface area (Å²) in [4.78, 5) is 66.6. The predicted molar refractivity (Wildman–Crippen MR) is 220 cm³/mol. The fourth-order valence-electron chi connectivity index (χ4n) is 7.58. The molecule has 302 valence electrons. The zero-order chi connectivity index (χ0) is 40.7. The summed E-state index contributed by atoms with van der Waals surface area (Å²) in [5.41, 5.74) is 5.82. The molecule has 58 heavy (non-hydrogen) atoms. The number of anilines is 1. The molecule has 3 aromatic carbocycles. The van der Waals surface area contributed by atoms with Crippen LogP contribution >= 0.6 is 23.1 Å². The molecule has 1 aromatic heterocycles. The molecule has 4 atom stereocenters. The second-order valence-corrected chi connectivity index (χ2v) is 16.4. The Labute approximate surface area is 345 Å². The number of oxime groups is 1. The van der Waals surface area contributed by atoms with Crippen LogP contribution < -0.4 is 11.1 Å². The first-order valence-corrected chi connectivity index (χ1v) is 21.2. The molecule has 3 fully saturated rings. The highest BCUT2D eigenvalue weighted by atomic mass is 32.2. The third-order valence-corrected chi connectivity index (χ3v) is 12.7. The van der Waals surface area contributed by atoms with Crippen molar-refractivity contribution in [2.45, 2.75) is 75.4 Å². The van der Waals surface area contributed by atoms with Gasteiger partial charge < -0.3 is 35.0 Å². The number of nitrogens with zero attached hydrogens (tertiary/aromatic N) is 3. The molecule has 2 amide bonds. The van der Waals surface area contributed by atoms with E-state index in [2.05, 4.69) is 15.5 Å². The standard InChI is InChI=1S/C43H45N5O8S2/c1-3-24-42(39(51)53-28(2)54-41(52)55-32-22-14-7-15-23-32)26-48-37(50)35(38(48)58-27-42)46-36(49)34(33-25-57-40(44)45-33)47-56-43(29-16-8-4-9-17-29,30-18-10-5-11-19-30)31-20-12-6-13-21-31/h3-6,8-13,16-21,24-25,28,32,35,38H,7,14-15,22-23,26-27H2,1-2H3,(H2,44,45)(H,46,49)/t28?,35?,38-,42?/m1/s1. The Balaban J connectivity index is 1.09. The van der Waals surface area contributed by atoms with E-state index in [4.69, 9.17) is 24.8 Å². The molecule has 15 heteroatoms. The summed E-state index contributed by atoms with van der Waals surface area (Å²) in [7, 11) is 0. The average Bonchev–Trinajstić information content (AvgIpc) is 3.68. The van der Waals surface area contributed by atoms with Crippen molar-refractivity contribution in [1.82, 2.24) is 15.2 Å². The Morgan fingerprint density at radius 3 is 2.10 bits per heavy atom. The first-order valence-electron chi connectivity index (χ1n) is 19.2. The van der Waals surface area contributed by atoms with Crippen LogP contribution in [0.15, 0.2) is 114 Å². The van der Waals surface area contributed by atoms with Crippen molar-refractivity contribution < 1.29 is 38.2 Å². The normalized spacial score (nSPS) is 21.7. The first-order chi connectivity index (χ1) is 28.1. The molecule has 13 nitrogen and oxygen atoms in total. The summed E-state index contributed by atoms with van der Waals surface area (Å²) in [5, 5.41) is 8.75. The molecule has 0 radical (unpaired) electrons. The summed E-state index contributed by atoms with van der Waals surface area (Å²) in [6.45, 7) is 3.22. The van der Waals surface area contributed by atoms with Gasteiger partial charge in [-0.3, -0.25) is 14.4 Å². The molecule has 2 saturated heterocycles. The summed E-state index contributed by atoms with van der Waals surface area (Å²) in [5.74, 6) is -1.50. The number of hydrogen-bond acceptors (Lipinski definition) is 13. The van der Waals surface area contributed by atoms with Crippen molar-refractivity contribution in [1.29, 1.82) is 0 Å². The van der Waals surface area contributed by atoms with Crippen LogP contribution in [0.4, 0.5) is 9.93 Å². The minimum atomic E-state index is -1.29. The van der Waals surface area contributed by atoms with Gasteiger partial charge in [-0.25, -0.2) is 9.78 Å². The molecule has 7 rings (SSSR count). The Morgan fingerprint density at radius 1 is 0.948 bits per heavy atom. The van der Waals surface area contributed by atoms with Gasteiger partial charge in [0.25, 0.3) is 5.91 Å². The average molecular weight is 824 g/mol. The van der Waals surface area contributed by atoms with Crippen LogP contribution in [0.2, 0.25) is 0 Å². The van der Waals surface area contributed by atoms with Gasteiger partial charge in [0.1, 0.15) is 28.6 Å². The number of rotatable bonds is 13. The number of fused-ring (bicyclic) bond motifs is 1. The summed E-state index contributed by atoms with van der Waals surface area (Å²) >= 11 is 2.47. The molecule has 3 aliphatic rings. The number of nitrogens with two attached hydrogens (primary N) is 1. The lowest BCUT2D eigenvalue weighted by molar-refractivity contribution is -0.180. The summed E-state index contributed by atoms with van der Waals surface area (Å²) < 4.78 is 16.3. The number of hydrogen-bond donors (Lipinski definition) is 2. The topological polar surface area (TPSA) is 172 Å². The van der Waals surface area contributed by atoms with E-state index in [0.29, 0.717) is 0 Å². The van der Waals surface area contributed by atoms with Crippen LogP contribution in [-0.4, -0.2) is 75.6 Å².